The first-order chi connectivity index (χ1) is 35.3. The molecule has 75 heavy (non-hydrogen) atoms. The normalized spacial score (nSPS) is 29.1. The number of nitrogens with zero attached hydrogens (tertiary/aromatic N) is 2. The number of carbonyl (C=O) groups is 8. The van der Waals surface area contributed by atoms with Crippen molar-refractivity contribution in [2.45, 2.75) is 203 Å². The molecule has 3 aliphatic heterocycles. The number of nitrogens with two attached hydrogens (primary N) is 1. The molecule has 7 amide bonds. The van der Waals surface area contributed by atoms with Crippen LogP contribution in [0.5, 0.6) is 5.75 Å². The Balaban J connectivity index is 1.69. The van der Waals surface area contributed by atoms with Gasteiger partial charge < -0.3 is 82.8 Å². The molecule has 0 spiro atoms. The number of aliphatic hydroxyl groups is 8. The average Bonchev–Trinajstić information content (AvgIpc) is 3.95. The van der Waals surface area contributed by atoms with Gasteiger partial charge in [-0.05, 0) is 55.7 Å². The van der Waals surface area contributed by atoms with Gasteiger partial charge in [-0.3, -0.25) is 38.4 Å². The van der Waals surface area contributed by atoms with Crippen LogP contribution >= 0.6 is 0 Å². The number of carbonyl (C=O) groups excluding carboxylic acids is 8. The molecule has 0 radical (unpaired) electrons. The molecule has 3 heterocycles. The zero-order valence-corrected chi connectivity index (χ0v) is 43.3. The van der Waals surface area contributed by atoms with Gasteiger partial charge in [-0.15, -0.1) is 0 Å². The van der Waals surface area contributed by atoms with Crippen molar-refractivity contribution < 1.29 is 84.3 Å². The van der Waals surface area contributed by atoms with Crippen LogP contribution in [-0.4, -0.2) is 189 Å². The van der Waals surface area contributed by atoms with Crippen molar-refractivity contribution in [1.29, 1.82) is 0 Å². The van der Waals surface area contributed by atoms with Crippen molar-refractivity contribution in [2.75, 3.05) is 13.1 Å². The van der Waals surface area contributed by atoms with E-state index in [-0.39, 0.29) is 24.2 Å². The van der Waals surface area contributed by atoms with Crippen LogP contribution in [-0.2, 0) is 38.4 Å². The number of aromatic hydroxyl groups is 1. The first-order valence-corrected chi connectivity index (χ1v) is 26.2. The van der Waals surface area contributed by atoms with Crippen LogP contribution in [0.25, 0.3) is 0 Å². The first-order valence-electron chi connectivity index (χ1n) is 26.2. The summed E-state index contributed by atoms with van der Waals surface area (Å²) in [5.41, 5.74) is 5.26. The monoisotopic (exact) mass is 1060 g/mol. The molecular weight excluding hydrogens is 983 g/mol. The maximum atomic E-state index is 14.4. The molecule has 24 heteroatoms. The molecule has 0 aliphatic carbocycles. The number of amides is 7. The van der Waals surface area contributed by atoms with Gasteiger partial charge in [-0.25, -0.2) is 0 Å². The minimum Gasteiger partial charge on any atom is -0.508 e. The highest BCUT2D eigenvalue weighted by Gasteiger charge is 2.49. The molecule has 16 unspecified atom stereocenters. The Morgan fingerprint density at radius 2 is 1.37 bits per heavy atom. The number of phenolic OH excluding ortho intramolecular Hbond substituents is 1. The van der Waals surface area contributed by atoms with E-state index in [0.29, 0.717) is 29.6 Å². The van der Waals surface area contributed by atoms with Crippen molar-refractivity contribution in [2.24, 2.45) is 23.5 Å². The van der Waals surface area contributed by atoms with Gasteiger partial charge in [0.05, 0.1) is 48.9 Å². The van der Waals surface area contributed by atoms with Crippen LogP contribution in [0, 0.1) is 17.8 Å². The van der Waals surface area contributed by atoms with Crippen LogP contribution in [0.1, 0.15) is 136 Å². The summed E-state index contributed by atoms with van der Waals surface area (Å²) in [4.78, 5) is 113. The zero-order valence-electron chi connectivity index (χ0n) is 43.3. The van der Waals surface area contributed by atoms with E-state index in [9.17, 15) is 84.3 Å². The highest BCUT2D eigenvalue weighted by atomic mass is 16.3. The number of benzene rings is 1. The van der Waals surface area contributed by atoms with Gasteiger partial charge in [-0.2, -0.15) is 0 Å². The van der Waals surface area contributed by atoms with E-state index in [1.54, 1.807) is 0 Å². The molecule has 0 aromatic heterocycles. The summed E-state index contributed by atoms with van der Waals surface area (Å²) in [6.07, 6.45) is -10.8. The van der Waals surface area contributed by atoms with Gasteiger partial charge in [-0.1, -0.05) is 77.8 Å². The predicted octanol–water partition coefficient (Wildman–Crippen LogP) is -2.25. The smallest absolute Gasteiger partial charge is 0.248 e. The van der Waals surface area contributed by atoms with Crippen LogP contribution in [0.4, 0.5) is 0 Å². The quantitative estimate of drug-likeness (QED) is 0.0614. The number of rotatable bonds is 20. The topological polar surface area (TPSA) is 399 Å². The molecule has 3 aliphatic rings. The van der Waals surface area contributed by atoms with E-state index >= 15 is 0 Å². The molecule has 422 valence electrons. The summed E-state index contributed by atoms with van der Waals surface area (Å²) in [6.45, 7) is 6.84. The lowest BCUT2D eigenvalue weighted by Gasteiger charge is -2.34. The molecule has 24 nitrogen and oxygen atoms in total. The highest BCUT2D eigenvalue weighted by molar-refractivity contribution is 5.98. The molecule has 4 rings (SSSR count). The Bertz CT molecular complexity index is 2100. The summed E-state index contributed by atoms with van der Waals surface area (Å²) in [6, 6.07) is -4.73. The molecule has 3 fully saturated rings. The van der Waals surface area contributed by atoms with E-state index < -0.39 is 171 Å². The number of phenols is 1. The number of Topliss-reactive ketones (excluding diaryl/α,β-unsaturated/α-hetero) is 1. The van der Waals surface area contributed by atoms with E-state index in [1.807, 2.05) is 0 Å². The molecular formula is C51H81N7O17. The molecule has 1 aromatic rings. The predicted molar refractivity (Wildman–Crippen MR) is 267 cm³/mol. The Morgan fingerprint density at radius 3 is 2.00 bits per heavy atom. The number of fused-ring (bicyclic) bond motifs is 2. The van der Waals surface area contributed by atoms with E-state index in [0.717, 1.165) is 62.5 Å². The van der Waals surface area contributed by atoms with Crippen molar-refractivity contribution in [3.63, 3.8) is 0 Å². The second-order valence-electron chi connectivity index (χ2n) is 20.9. The molecule has 1 aromatic carbocycles. The molecule has 16 atom stereocenters. The lowest BCUT2D eigenvalue weighted by Crippen LogP contribution is -2.61. The zero-order chi connectivity index (χ0) is 55.8. The fraction of sp³-hybridized carbons (Fsp3) is 0.725. The lowest BCUT2D eigenvalue weighted by atomic mass is 9.86. The van der Waals surface area contributed by atoms with Crippen LogP contribution in [0.2, 0.25) is 0 Å². The molecule has 0 bridgehead atoms. The number of nitrogens with one attached hydrogen (secondary N) is 4. The number of hydrogen-bond donors (Lipinski definition) is 14. The molecule has 15 N–H and O–H groups in total. The van der Waals surface area contributed by atoms with Crippen molar-refractivity contribution in [1.82, 2.24) is 31.1 Å². The van der Waals surface area contributed by atoms with Crippen molar-refractivity contribution >= 4 is 47.1 Å². The standard InChI is InChI=1S/C51H81N7O17/c1-5-26(2)20-27(3)12-10-8-6-7-9-11-13-40(67)53-33-23-38(65)48(72)56-49(73)43-35(62)18-19-57(43)51(75)42(37(64)24-39(52)66)55-46(70)32(45(69)44(68)29-14-16-30(60)17-15-29)22-36(63)34-21-31(61)25-58(34)50(74)41(28(4)59)54-47(33)71/h14-17,26-28,31-35,37-38,41-45,48,59-62,64-65,68-69,72H,5-13,18-25H2,1-4H3,(H2,52,66)(H,53,67)(H,54,71)(H,55,70)(H,56,73). The van der Waals surface area contributed by atoms with E-state index in [1.165, 1.54) is 18.6 Å². The van der Waals surface area contributed by atoms with Crippen LogP contribution < -0.4 is 27.0 Å². The fourth-order valence-corrected chi connectivity index (χ4v) is 10.1. The van der Waals surface area contributed by atoms with E-state index in [2.05, 4.69) is 42.0 Å². The summed E-state index contributed by atoms with van der Waals surface area (Å²) in [5, 5.41) is 108. The maximum Gasteiger partial charge on any atom is 0.248 e. The Labute approximate surface area is 436 Å². The Morgan fingerprint density at radius 1 is 0.760 bits per heavy atom. The van der Waals surface area contributed by atoms with Gasteiger partial charge >= 0.3 is 0 Å². The van der Waals surface area contributed by atoms with Gasteiger partial charge in [0.2, 0.25) is 41.4 Å². The minimum absolute atomic E-state index is 0.0725. The number of aliphatic hydroxyl groups excluding tert-OH is 8. The fourth-order valence-electron chi connectivity index (χ4n) is 10.1. The lowest BCUT2D eigenvalue weighted by molar-refractivity contribution is -0.150. The second-order valence-corrected chi connectivity index (χ2v) is 20.9. The van der Waals surface area contributed by atoms with E-state index in [4.69, 9.17) is 5.73 Å². The third-order valence-electron chi connectivity index (χ3n) is 14.6. The third kappa shape index (κ3) is 17.9. The third-order valence-corrected chi connectivity index (χ3v) is 14.6. The summed E-state index contributed by atoms with van der Waals surface area (Å²) in [5.74, 6) is -10.2. The maximum absolute atomic E-state index is 14.4. The first kappa shape index (κ1) is 62.2. The molecule has 3 saturated heterocycles. The minimum atomic E-state index is -2.27. The van der Waals surface area contributed by atoms with Crippen LogP contribution in [0.3, 0.4) is 0 Å². The number of hydrogen-bond acceptors (Lipinski definition) is 17. The largest absolute Gasteiger partial charge is 0.508 e. The second kappa shape index (κ2) is 29.3. The van der Waals surface area contributed by atoms with Gasteiger partial charge in [0.25, 0.3) is 0 Å². The van der Waals surface area contributed by atoms with Gasteiger partial charge in [0.15, 0.2) is 12.0 Å². The Kier molecular flexibility index (Phi) is 24.3. The summed E-state index contributed by atoms with van der Waals surface area (Å²) in [7, 11) is 0. The van der Waals surface area contributed by atoms with Crippen molar-refractivity contribution in [3.05, 3.63) is 29.8 Å². The van der Waals surface area contributed by atoms with Crippen molar-refractivity contribution in [3.8, 4) is 5.75 Å². The van der Waals surface area contributed by atoms with Crippen LogP contribution in [0.15, 0.2) is 24.3 Å². The van der Waals surface area contributed by atoms with Gasteiger partial charge in [0, 0.05) is 38.8 Å². The Hall–Kier alpha value is -5.34. The summed E-state index contributed by atoms with van der Waals surface area (Å²) < 4.78 is 0. The number of primary amides is 1. The number of unbranched alkanes of at least 4 members (excludes halogenated alkanes) is 5. The van der Waals surface area contributed by atoms with Gasteiger partial charge in [0.1, 0.15) is 42.1 Å². The number of ketones is 1. The summed E-state index contributed by atoms with van der Waals surface area (Å²) >= 11 is 0. The average molecular weight is 1060 g/mol. The SMILES string of the molecule is CCC(C)CC(C)CCCCCCCCC(=O)NC1CC(O)C(O)NC(=O)C2C(O)CCN2C(=O)C(C(O)CC(N)=O)NC(=O)C(C(O)C(O)c2ccc(O)cc2)CC(=O)C2CC(O)CN2C(=O)C(C(C)O)NC1=O. The highest BCUT2D eigenvalue weighted by Crippen LogP contribution is 2.30. The molecule has 0 saturated carbocycles.